The Balaban J connectivity index is 1.40. The molecule has 0 unspecified atom stereocenters. The summed E-state index contributed by atoms with van der Waals surface area (Å²) >= 11 is 0. The van der Waals surface area contributed by atoms with Crippen LogP contribution in [-0.4, -0.2) is 53.7 Å². The van der Waals surface area contributed by atoms with Gasteiger partial charge in [0.25, 0.3) is 17.5 Å². The van der Waals surface area contributed by atoms with Crippen LogP contribution in [0, 0.1) is 10.1 Å². The van der Waals surface area contributed by atoms with E-state index in [1.54, 1.807) is 53.4 Å². The standard InChI is InChI=1S/C25H25N5O6/c1-17(31)28-9-11-29(12-10-28)21-8-7-19(15-22(21)30(34)35)24(32)26-16-18-4-2-5-20(14-18)27-25(33)23-6-3-13-36-23/h2-8,13-15H,9-12,16H2,1H3,(H,26,32)(H,27,33). The first-order valence-electron chi connectivity index (χ1n) is 11.3. The Morgan fingerprint density at radius 3 is 2.44 bits per heavy atom. The fourth-order valence-electron chi connectivity index (χ4n) is 3.98. The molecule has 1 aliphatic rings. The third-order valence-electron chi connectivity index (χ3n) is 5.88. The summed E-state index contributed by atoms with van der Waals surface area (Å²) in [4.78, 5) is 51.2. The lowest BCUT2D eigenvalue weighted by molar-refractivity contribution is -0.384. The number of carbonyl (C=O) groups excluding carboxylic acids is 3. The number of nitrogens with one attached hydrogen (secondary N) is 2. The second-order valence-electron chi connectivity index (χ2n) is 8.27. The first-order chi connectivity index (χ1) is 17.3. The van der Waals surface area contributed by atoms with Crippen molar-refractivity contribution in [3.8, 4) is 0 Å². The average Bonchev–Trinajstić information content (AvgIpc) is 3.42. The van der Waals surface area contributed by atoms with Crippen molar-refractivity contribution in [2.24, 2.45) is 0 Å². The van der Waals surface area contributed by atoms with Gasteiger partial charge in [-0.1, -0.05) is 12.1 Å². The number of benzene rings is 2. The van der Waals surface area contributed by atoms with E-state index in [4.69, 9.17) is 4.42 Å². The zero-order chi connectivity index (χ0) is 25.7. The smallest absolute Gasteiger partial charge is 0.293 e. The summed E-state index contributed by atoms with van der Waals surface area (Å²) in [7, 11) is 0. The van der Waals surface area contributed by atoms with Crippen LogP contribution in [0.3, 0.4) is 0 Å². The minimum Gasteiger partial charge on any atom is -0.459 e. The Kier molecular flexibility index (Phi) is 7.28. The summed E-state index contributed by atoms with van der Waals surface area (Å²) in [5, 5.41) is 17.2. The van der Waals surface area contributed by atoms with Crippen LogP contribution < -0.4 is 15.5 Å². The fraction of sp³-hybridized carbons (Fsp3) is 0.240. The number of hydrogen-bond acceptors (Lipinski definition) is 7. The van der Waals surface area contributed by atoms with E-state index in [0.717, 1.165) is 5.56 Å². The quantitative estimate of drug-likeness (QED) is 0.383. The van der Waals surface area contributed by atoms with Crippen LogP contribution in [0.15, 0.2) is 65.3 Å². The summed E-state index contributed by atoms with van der Waals surface area (Å²) in [5.41, 5.74) is 1.68. The number of furan rings is 1. The van der Waals surface area contributed by atoms with Gasteiger partial charge in [0.2, 0.25) is 5.91 Å². The maximum absolute atomic E-state index is 12.7. The minimum atomic E-state index is -0.505. The highest BCUT2D eigenvalue weighted by atomic mass is 16.6. The summed E-state index contributed by atoms with van der Waals surface area (Å²) in [6.07, 6.45) is 1.41. The highest BCUT2D eigenvalue weighted by molar-refractivity contribution is 6.02. The monoisotopic (exact) mass is 491 g/mol. The molecule has 0 atom stereocenters. The van der Waals surface area contributed by atoms with Crippen molar-refractivity contribution >= 4 is 34.8 Å². The summed E-state index contributed by atoms with van der Waals surface area (Å²) in [6, 6.07) is 14.5. The van der Waals surface area contributed by atoms with E-state index in [2.05, 4.69) is 10.6 Å². The molecule has 0 radical (unpaired) electrons. The number of carbonyl (C=O) groups is 3. The van der Waals surface area contributed by atoms with E-state index >= 15 is 0 Å². The molecule has 0 saturated carbocycles. The second-order valence-corrected chi connectivity index (χ2v) is 8.27. The van der Waals surface area contributed by atoms with E-state index in [1.165, 1.54) is 19.3 Å². The van der Waals surface area contributed by atoms with Crippen molar-refractivity contribution in [2.75, 3.05) is 36.4 Å². The van der Waals surface area contributed by atoms with E-state index < -0.39 is 16.7 Å². The Morgan fingerprint density at radius 2 is 1.78 bits per heavy atom. The van der Waals surface area contributed by atoms with Crippen molar-refractivity contribution in [3.63, 3.8) is 0 Å². The van der Waals surface area contributed by atoms with Crippen LogP contribution in [0.4, 0.5) is 17.1 Å². The van der Waals surface area contributed by atoms with Crippen LogP contribution in [0.5, 0.6) is 0 Å². The fourth-order valence-corrected chi connectivity index (χ4v) is 3.98. The van der Waals surface area contributed by atoms with Gasteiger partial charge in [0.1, 0.15) is 5.69 Å². The predicted octanol–water partition coefficient (Wildman–Crippen LogP) is 3.04. The van der Waals surface area contributed by atoms with Crippen LogP contribution >= 0.6 is 0 Å². The molecular weight excluding hydrogens is 466 g/mol. The van der Waals surface area contributed by atoms with E-state index in [-0.39, 0.29) is 29.5 Å². The van der Waals surface area contributed by atoms with Gasteiger partial charge in [-0.25, -0.2) is 0 Å². The lowest BCUT2D eigenvalue weighted by atomic mass is 10.1. The summed E-state index contributed by atoms with van der Waals surface area (Å²) < 4.78 is 5.08. The van der Waals surface area contributed by atoms with Crippen molar-refractivity contribution in [1.82, 2.24) is 10.2 Å². The Morgan fingerprint density at radius 1 is 1.00 bits per heavy atom. The minimum absolute atomic E-state index is 0.0263. The van der Waals surface area contributed by atoms with Gasteiger partial charge in [-0.3, -0.25) is 24.5 Å². The summed E-state index contributed by atoms with van der Waals surface area (Å²) in [5.74, 6) is -0.701. The molecule has 3 aromatic rings. The van der Waals surface area contributed by atoms with Crippen molar-refractivity contribution < 1.29 is 23.7 Å². The Hall–Kier alpha value is -4.67. The number of anilines is 2. The molecule has 1 fully saturated rings. The summed E-state index contributed by atoms with van der Waals surface area (Å²) in [6.45, 7) is 3.56. The molecule has 0 aliphatic carbocycles. The molecule has 0 bridgehead atoms. The molecule has 1 aliphatic heterocycles. The van der Waals surface area contributed by atoms with E-state index in [1.807, 2.05) is 4.90 Å². The number of nitro groups is 1. The van der Waals surface area contributed by atoms with Gasteiger partial charge >= 0.3 is 0 Å². The van der Waals surface area contributed by atoms with Crippen LogP contribution in [0.1, 0.15) is 33.4 Å². The van der Waals surface area contributed by atoms with Gasteiger partial charge in [0.15, 0.2) is 5.76 Å². The van der Waals surface area contributed by atoms with Gasteiger partial charge in [0.05, 0.1) is 11.2 Å². The SMILES string of the molecule is CC(=O)N1CCN(c2ccc(C(=O)NCc3cccc(NC(=O)c4ccco4)c3)cc2[N+](=O)[O-])CC1. The topological polar surface area (TPSA) is 138 Å². The third-order valence-corrected chi connectivity index (χ3v) is 5.88. The highest BCUT2D eigenvalue weighted by Crippen LogP contribution is 2.30. The molecule has 0 spiro atoms. The van der Waals surface area contributed by atoms with Gasteiger partial charge in [0, 0.05) is 57.0 Å². The van der Waals surface area contributed by atoms with Gasteiger partial charge in [-0.2, -0.15) is 0 Å². The maximum atomic E-state index is 12.7. The Labute approximate surface area is 206 Å². The number of amides is 3. The maximum Gasteiger partial charge on any atom is 0.293 e. The average molecular weight is 492 g/mol. The van der Waals surface area contributed by atoms with Gasteiger partial charge < -0.3 is 24.9 Å². The highest BCUT2D eigenvalue weighted by Gasteiger charge is 2.26. The molecule has 186 valence electrons. The van der Waals surface area contributed by atoms with Crippen LogP contribution in [0.25, 0.3) is 0 Å². The molecule has 11 nitrogen and oxygen atoms in total. The molecule has 3 amide bonds. The zero-order valence-electron chi connectivity index (χ0n) is 19.6. The first-order valence-corrected chi connectivity index (χ1v) is 11.3. The van der Waals surface area contributed by atoms with Crippen LogP contribution in [-0.2, 0) is 11.3 Å². The molecule has 2 N–H and O–H groups in total. The number of nitro benzene ring substituents is 1. The van der Waals surface area contributed by atoms with E-state index in [9.17, 15) is 24.5 Å². The molecule has 36 heavy (non-hydrogen) atoms. The number of rotatable bonds is 7. The normalized spacial score (nSPS) is 13.2. The number of piperazine rings is 1. The molecule has 1 saturated heterocycles. The molecule has 1 aromatic heterocycles. The van der Waals surface area contributed by atoms with Gasteiger partial charge in [-0.15, -0.1) is 0 Å². The lowest BCUT2D eigenvalue weighted by Gasteiger charge is -2.35. The number of nitrogens with zero attached hydrogens (tertiary/aromatic N) is 3. The largest absolute Gasteiger partial charge is 0.459 e. The van der Waals surface area contributed by atoms with Crippen molar-refractivity contribution in [2.45, 2.75) is 13.5 Å². The van der Waals surface area contributed by atoms with Crippen molar-refractivity contribution in [1.29, 1.82) is 0 Å². The lowest BCUT2D eigenvalue weighted by Crippen LogP contribution is -2.48. The molecule has 2 heterocycles. The molecule has 11 heteroatoms. The second kappa shape index (κ2) is 10.7. The third kappa shape index (κ3) is 5.69. The first kappa shape index (κ1) is 24.5. The zero-order valence-corrected chi connectivity index (χ0v) is 19.6. The van der Waals surface area contributed by atoms with E-state index in [0.29, 0.717) is 37.6 Å². The number of hydrogen-bond donors (Lipinski definition) is 2. The molecule has 4 rings (SSSR count). The van der Waals surface area contributed by atoms with Crippen molar-refractivity contribution in [3.05, 3.63) is 87.9 Å². The molecular formula is C25H25N5O6. The predicted molar refractivity (Wildman–Crippen MR) is 132 cm³/mol. The van der Waals surface area contributed by atoms with Gasteiger partial charge in [-0.05, 0) is 42.0 Å². The Bertz CT molecular complexity index is 1280. The van der Waals surface area contributed by atoms with Crippen LogP contribution in [0.2, 0.25) is 0 Å². The molecule has 2 aromatic carbocycles.